The first-order valence-corrected chi connectivity index (χ1v) is 6.40. The molecular weight excluding hydrogens is 242 g/mol. The lowest BCUT2D eigenvalue weighted by molar-refractivity contribution is 0.0341. The van der Waals surface area contributed by atoms with Crippen LogP contribution in [-0.2, 0) is 11.3 Å². The van der Waals surface area contributed by atoms with Crippen molar-refractivity contribution in [3.8, 4) is 17.6 Å². The van der Waals surface area contributed by atoms with Gasteiger partial charge in [0.15, 0.2) is 0 Å². The van der Waals surface area contributed by atoms with Crippen LogP contribution in [0.5, 0.6) is 5.75 Å². The molecule has 1 saturated heterocycles. The maximum atomic E-state index is 8.82. The molecule has 1 heterocycles. The molecule has 19 heavy (non-hydrogen) atoms. The lowest BCUT2D eigenvalue weighted by Crippen LogP contribution is -2.35. The smallest absolute Gasteiger partial charge is 0.119 e. The Kier molecular flexibility index (Phi) is 5.22. The van der Waals surface area contributed by atoms with Crippen LogP contribution >= 0.6 is 0 Å². The van der Waals surface area contributed by atoms with Gasteiger partial charge in [-0.3, -0.25) is 4.90 Å². The van der Waals surface area contributed by atoms with Gasteiger partial charge < -0.3 is 14.6 Å². The van der Waals surface area contributed by atoms with Gasteiger partial charge in [0.25, 0.3) is 0 Å². The first-order chi connectivity index (χ1) is 9.33. The number of nitrogens with zero attached hydrogens (tertiary/aromatic N) is 1. The molecule has 0 atom stereocenters. The summed E-state index contributed by atoms with van der Waals surface area (Å²) in [6.45, 7) is 4.14. The van der Waals surface area contributed by atoms with Crippen molar-refractivity contribution < 1.29 is 14.6 Å². The van der Waals surface area contributed by atoms with Gasteiger partial charge in [-0.1, -0.05) is 11.8 Å². The van der Waals surface area contributed by atoms with Crippen molar-refractivity contribution in [1.29, 1.82) is 0 Å². The number of aliphatic hydroxyl groups is 1. The summed E-state index contributed by atoms with van der Waals surface area (Å²) in [6, 6.07) is 5.85. The average molecular weight is 261 g/mol. The predicted molar refractivity (Wildman–Crippen MR) is 73.1 cm³/mol. The van der Waals surface area contributed by atoms with Crippen molar-refractivity contribution in [2.45, 2.75) is 6.54 Å². The van der Waals surface area contributed by atoms with Gasteiger partial charge in [-0.2, -0.15) is 0 Å². The van der Waals surface area contributed by atoms with Gasteiger partial charge in [0.05, 0.1) is 20.3 Å². The van der Waals surface area contributed by atoms with E-state index in [-0.39, 0.29) is 6.61 Å². The minimum absolute atomic E-state index is 0.122. The van der Waals surface area contributed by atoms with E-state index in [0.717, 1.165) is 49.7 Å². The van der Waals surface area contributed by atoms with Crippen LogP contribution in [0.2, 0.25) is 0 Å². The lowest BCUT2D eigenvalue weighted by Gasteiger charge is -2.27. The number of methoxy groups -OCH3 is 1. The Labute approximate surface area is 113 Å². The Bertz CT molecular complexity index is 470. The van der Waals surface area contributed by atoms with E-state index in [4.69, 9.17) is 14.6 Å². The zero-order chi connectivity index (χ0) is 13.5. The molecule has 4 heteroatoms. The molecule has 0 aliphatic carbocycles. The average Bonchev–Trinajstić information content (AvgIpc) is 2.47. The fraction of sp³-hybridized carbons (Fsp3) is 0.467. The molecule has 0 bridgehead atoms. The molecule has 1 fully saturated rings. The topological polar surface area (TPSA) is 41.9 Å². The molecule has 0 unspecified atom stereocenters. The third kappa shape index (κ3) is 3.97. The highest BCUT2D eigenvalue weighted by atomic mass is 16.5. The normalized spacial score (nSPS) is 15.7. The number of benzene rings is 1. The molecule has 1 aliphatic rings. The summed E-state index contributed by atoms with van der Waals surface area (Å²) in [5.41, 5.74) is 2.07. The van der Waals surface area contributed by atoms with E-state index in [1.165, 1.54) is 0 Å². The van der Waals surface area contributed by atoms with E-state index in [1.807, 2.05) is 18.2 Å². The molecule has 2 rings (SSSR count). The van der Waals surface area contributed by atoms with E-state index >= 15 is 0 Å². The van der Waals surface area contributed by atoms with Gasteiger partial charge in [0, 0.05) is 25.2 Å². The number of hydrogen-bond donors (Lipinski definition) is 1. The highest BCUT2D eigenvalue weighted by molar-refractivity contribution is 5.45. The van der Waals surface area contributed by atoms with E-state index in [9.17, 15) is 0 Å². The molecule has 1 N–H and O–H groups in total. The predicted octanol–water partition coefficient (Wildman–Crippen LogP) is 0.871. The Morgan fingerprint density at radius 1 is 1.37 bits per heavy atom. The van der Waals surface area contributed by atoms with Crippen molar-refractivity contribution in [2.24, 2.45) is 0 Å². The molecule has 1 aliphatic heterocycles. The van der Waals surface area contributed by atoms with Gasteiger partial charge in [-0.05, 0) is 23.8 Å². The number of aliphatic hydroxyl groups excluding tert-OH is 1. The molecular formula is C15H19NO3. The third-order valence-electron chi connectivity index (χ3n) is 3.11. The highest BCUT2D eigenvalue weighted by Gasteiger charge is 2.13. The maximum absolute atomic E-state index is 8.82. The lowest BCUT2D eigenvalue weighted by atomic mass is 10.1. The Morgan fingerprint density at radius 3 is 2.84 bits per heavy atom. The van der Waals surface area contributed by atoms with Crippen molar-refractivity contribution in [1.82, 2.24) is 4.90 Å². The molecule has 0 amide bonds. The number of rotatable bonds is 3. The second-order valence-corrected chi connectivity index (χ2v) is 4.37. The zero-order valence-electron chi connectivity index (χ0n) is 11.2. The Morgan fingerprint density at radius 2 is 2.16 bits per heavy atom. The first kappa shape index (κ1) is 13.9. The van der Waals surface area contributed by atoms with Crippen LogP contribution in [0, 0.1) is 11.8 Å². The van der Waals surface area contributed by atoms with Crippen molar-refractivity contribution in [2.75, 3.05) is 40.0 Å². The summed E-state index contributed by atoms with van der Waals surface area (Å²) in [4.78, 5) is 2.34. The largest absolute Gasteiger partial charge is 0.497 e. The summed E-state index contributed by atoms with van der Waals surface area (Å²) >= 11 is 0. The van der Waals surface area contributed by atoms with E-state index < -0.39 is 0 Å². The van der Waals surface area contributed by atoms with Gasteiger partial charge in [-0.25, -0.2) is 0 Å². The minimum Gasteiger partial charge on any atom is -0.497 e. The molecule has 102 valence electrons. The quantitative estimate of drug-likeness (QED) is 0.820. The minimum atomic E-state index is -0.122. The highest BCUT2D eigenvalue weighted by Crippen LogP contribution is 2.19. The fourth-order valence-corrected chi connectivity index (χ4v) is 2.08. The van der Waals surface area contributed by atoms with Crippen LogP contribution in [0.1, 0.15) is 11.1 Å². The summed E-state index contributed by atoms with van der Waals surface area (Å²) in [6.07, 6.45) is 0. The molecule has 1 aromatic rings. The van der Waals surface area contributed by atoms with Crippen molar-refractivity contribution >= 4 is 0 Å². The standard InChI is InChI=1S/C15H19NO3/c1-18-15-5-4-13(3-2-8-17)14(11-15)12-16-6-9-19-10-7-16/h4-5,11,17H,6-10,12H2,1H3. The molecule has 0 saturated carbocycles. The first-order valence-electron chi connectivity index (χ1n) is 6.40. The van der Waals surface area contributed by atoms with Crippen LogP contribution in [0.4, 0.5) is 0 Å². The van der Waals surface area contributed by atoms with Crippen molar-refractivity contribution in [3.05, 3.63) is 29.3 Å². The molecule has 0 radical (unpaired) electrons. The van der Waals surface area contributed by atoms with E-state index in [1.54, 1.807) is 7.11 Å². The van der Waals surface area contributed by atoms with Gasteiger partial charge in [0.2, 0.25) is 0 Å². The SMILES string of the molecule is COc1ccc(C#CCO)c(CN2CCOCC2)c1. The van der Waals surface area contributed by atoms with E-state index in [2.05, 4.69) is 16.7 Å². The number of hydrogen-bond acceptors (Lipinski definition) is 4. The van der Waals surface area contributed by atoms with E-state index in [0.29, 0.717) is 0 Å². The van der Waals surface area contributed by atoms with Crippen LogP contribution in [0.25, 0.3) is 0 Å². The van der Waals surface area contributed by atoms with Gasteiger partial charge in [-0.15, -0.1) is 0 Å². The summed E-state index contributed by atoms with van der Waals surface area (Å²) in [5.74, 6) is 6.52. The Balaban J connectivity index is 2.18. The zero-order valence-corrected chi connectivity index (χ0v) is 11.2. The van der Waals surface area contributed by atoms with Gasteiger partial charge in [0.1, 0.15) is 12.4 Å². The van der Waals surface area contributed by atoms with Crippen LogP contribution < -0.4 is 4.74 Å². The summed E-state index contributed by atoms with van der Waals surface area (Å²) in [7, 11) is 1.66. The van der Waals surface area contributed by atoms with Gasteiger partial charge >= 0.3 is 0 Å². The van der Waals surface area contributed by atoms with Crippen LogP contribution in [0.15, 0.2) is 18.2 Å². The number of ether oxygens (including phenoxy) is 2. The Hall–Kier alpha value is -1.54. The van der Waals surface area contributed by atoms with Crippen molar-refractivity contribution in [3.63, 3.8) is 0 Å². The number of morpholine rings is 1. The fourth-order valence-electron chi connectivity index (χ4n) is 2.08. The molecule has 0 aromatic heterocycles. The second-order valence-electron chi connectivity index (χ2n) is 4.37. The monoisotopic (exact) mass is 261 g/mol. The third-order valence-corrected chi connectivity index (χ3v) is 3.11. The summed E-state index contributed by atoms with van der Waals surface area (Å²) < 4.78 is 10.6. The molecule has 1 aromatic carbocycles. The molecule has 4 nitrogen and oxygen atoms in total. The van der Waals surface area contributed by atoms with Crippen LogP contribution in [-0.4, -0.2) is 50.0 Å². The van der Waals surface area contributed by atoms with Crippen LogP contribution in [0.3, 0.4) is 0 Å². The second kappa shape index (κ2) is 7.15. The summed E-state index contributed by atoms with van der Waals surface area (Å²) in [5, 5.41) is 8.82. The molecule has 0 spiro atoms. The maximum Gasteiger partial charge on any atom is 0.119 e.